The number of esters is 1. The van der Waals surface area contributed by atoms with E-state index in [1.807, 2.05) is 30.5 Å². The quantitative estimate of drug-likeness (QED) is 0.828. The summed E-state index contributed by atoms with van der Waals surface area (Å²) >= 11 is 0. The number of carbonyl (C=O) groups is 1. The number of carbonyl (C=O) groups excluding carboxylic acids is 1. The van der Waals surface area contributed by atoms with Crippen LogP contribution < -0.4 is 5.32 Å². The van der Waals surface area contributed by atoms with Crippen LogP contribution in [-0.2, 0) is 16.0 Å². The van der Waals surface area contributed by atoms with E-state index < -0.39 is 11.6 Å². The summed E-state index contributed by atoms with van der Waals surface area (Å²) in [5.41, 5.74) is 1.48. The fourth-order valence-electron chi connectivity index (χ4n) is 3.63. The van der Waals surface area contributed by atoms with Crippen molar-refractivity contribution >= 4 is 16.9 Å². The molecule has 0 unspecified atom stereocenters. The van der Waals surface area contributed by atoms with Gasteiger partial charge in [0.05, 0.1) is 13.2 Å². The maximum atomic E-state index is 12.3. The predicted molar refractivity (Wildman–Crippen MR) is 92.4 cm³/mol. The van der Waals surface area contributed by atoms with Gasteiger partial charge in [0.1, 0.15) is 11.6 Å². The Balaban J connectivity index is 1.84. The Morgan fingerprint density at radius 1 is 1.38 bits per heavy atom. The lowest BCUT2D eigenvalue weighted by Crippen LogP contribution is -2.54. The van der Waals surface area contributed by atoms with Gasteiger partial charge in [0.15, 0.2) is 0 Å². The molecule has 1 aliphatic carbocycles. The van der Waals surface area contributed by atoms with E-state index in [2.05, 4.69) is 16.4 Å². The summed E-state index contributed by atoms with van der Waals surface area (Å²) in [4.78, 5) is 15.5. The molecule has 5 heteroatoms. The van der Waals surface area contributed by atoms with E-state index in [0.717, 1.165) is 48.6 Å². The molecule has 1 saturated carbocycles. The topological polar surface area (TPSA) is 77.9 Å². The predicted octanol–water partition coefficient (Wildman–Crippen LogP) is 3.07. The molecule has 3 rings (SSSR count). The highest BCUT2D eigenvalue weighted by Crippen LogP contribution is 2.29. The number of nitrogens with one attached hydrogen (secondary N) is 2. The average Bonchev–Trinajstić information content (AvgIpc) is 3.04. The Morgan fingerprint density at radius 3 is 2.83 bits per heavy atom. The molecule has 1 heterocycles. The van der Waals surface area contributed by atoms with Gasteiger partial charge in [0, 0.05) is 23.5 Å². The number of hydrogen-bond donors (Lipinski definition) is 2. The van der Waals surface area contributed by atoms with Gasteiger partial charge in [-0.25, -0.2) is 0 Å². The van der Waals surface area contributed by atoms with Gasteiger partial charge in [-0.2, -0.15) is 5.26 Å². The largest absolute Gasteiger partial charge is 0.468 e. The number of para-hydroxylation sites is 1. The van der Waals surface area contributed by atoms with Gasteiger partial charge in [0.25, 0.3) is 0 Å². The first-order valence-electron chi connectivity index (χ1n) is 8.49. The van der Waals surface area contributed by atoms with Crippen molar-refractivity contribution < 1.29 is 9.53 Å². The van der Waals surface area contributed by atoms with Gasteiger partial charge in [-0.3, -0.25) is 10.1 Å². The van der Waals surface area contributed by atoms with Crippen LogP contribution in [0.4, 0.5) is 0 Å². The number of aromatic nitrogens is 1. The average molecular weight is 325 g/mol. The fourth-order valence-corrected chi connectivity index (χ4v) is 3.63. The third-order valence-corrected chi connectivity index (χ3v) is 4.96. The molecule has 0 aliphatic heterocycles. The van der Waals surface area contributed by atoms with Gasteiger partial charge >= 0.3 is 5.97 Å². The van der Waals surface area contributed by atoms with Crippen molar-refractivity contribution in [2.24, 2.45) is 0 Å². The van der Waals surface area contributed by atoms with Crippen LogP contribution in [0, 0.1) is 11.3 Å². The van der Waals surface area contributed by atoms with E-state index in [-0.39, 0.29) is 5.97 Å². The molecule has 1 aromatic heterocycles. The van der Waals surface area contributed by atoms with E-state index in [1.165, 1.54) is 7.11 Å². The maximum absolute atomic E-state index is 12.3. The Morgan fingerprint density at radius 2 is 2.12 bits per heavy atom. The summed E-state index contributed by atoms with van der Waals surface area (Å²) in [5.74, 6) is -0.319. The van der Waals surface area contributed by atoms with E-state index in [4.69, 9.17) is 4.74 Å². The third-order valence-electron chi connectivity index (χ3n) is 4.96. The molecule has 0 spiro atoms. The molecule has 1 fully saturated rings. The summed E-state index contributed by atoms with van der Waals surface area (Å²) in [6.07, 6.45) is 7.18. The van der Waals surface area contributed by atoms with Crippen LogP contribution in [0.1, 0.15) is 37.7 Å². The van der Waals surface area contributed by atoms with Crippen LogP contribution in [0.5, 0.6) is 0 Å². The molecule has 126 valence electrons. The number of H-pyrrole nitrogens is 1. The zero-order valence-electron chi connectivity index (χ0n) is 14.0. The highest BCUT2D eigenvalue weighted by molar-refractivity contribution is 5.84. The van der Waals surface area contributed by atoms with Crippen LogP contribution in [0.2, 0.25) is 0 Å². The zero-order chi connectivity index (χ0) is 17.0. The summed E-state index contributed by atoms with van der Waals surface area (Å²) in [5, 5.41) is 14.1. The van der Waals surface area contributed by atoms with E-state index in [9.17, 15) is 10.1 Å². The number of aromatic amines is 1. The van der Waals surface area contributed by atoms with Gasteiger partial charge in [-0.15, -0.1) is 0 Å². The van der Waals surface area contributed by atoms with E-state index in [1.54, 1.807) is 0 Å². The second-order valence-electron chi connectivity index (χ2n) is 6.54. The summed E-state index contributed by atoms with van der Waals surface area (Å²) in [7, 11) is 1.39. The lowest BCUT2D eigenvalue weighted by molar-refractivity contribution is -0.143. The fraction of sp³-hybridized carbons (Fsp3) is 0.474. The smallest absolute Gasteiger partial charge is 0.323 e. The molecule has 0 amide bonds. The number of methoxy groups -OCH3 is 1. The molecule has 5 nitrogen and oxygen atoms in total. The first kappa shape index (κ1) is 16.5. The van der Waals surface area contributed by atoms with Crippen LogP contribution in [0.25, 0.3) is 10.9 Å². The lowest BCUT2D eigenvalue weighted by atomic mass is 9.82. The molecule has 0 bridgehead atoms. The van der Waals surface area contributed by atoms with Gasteiger partial charge in [-0.1, -0.05) is 37.5 Å². The zero-order valence-corrected chi connectivity index (χ0v) is 14.0. The molecule has 2 aromatic rings. The third kappa shape index (κ3) is 3.29. The Bertz CT molecular complexity index is 753. The molecule has 0 radical (unpaired) electrons. The van der Waals surface area contributed by atoms with Gasteiger partial charge < -0.3 is 9.72 Å². The number of benzene rings is 1. The SMILES string of the molecule is COC(=O)[C@H](Cc1c[nH]c2ccccc12)NC1(C#N)CCCCC1. The van der Waals surface area contributed by atoms with Crippen molar-refractivity contribution in [2.45, 2.75) is 50.1 Å². The minimum atomic E-state index is -0.622. The Kier molecular flexibility index (Phi) is 4.86. The molecule has 1 aliphatic rings. The highest BCUT2D eigenvalue weighted by Gasteiger charge is 2.36. The molecular weight excluding hydrogens is 302 g/mol. The summed E-state index contributed by atoms with van der Waals surface area (Å²) < 4.78 is 4.98. The summed E-state index contributed by atoms with van der Waals surface area (Å²) in [6, 6.07) is 9.91. The first-order chi connectivity index (χ1) is 11.7. The Hall–Kier alpha value is -2.32. The van der Waals surface area contributed by atoms with Crippen molar-refractivity contribution in [1.82, 2.24) is 10.3 Å². The molecule has 1 aromatic carbocycles. The van der Waals surface area contributed by atoms with Crippen molar-refractivity contribution in [3.05, 3.63) is 36.0 Å². The number of fused-ring (bicyclic) bond motifs is 1. The molecule has 24 heavy (non-hydrogen) atoms. The normalized spacial score (nSPS) is 18.0. The van der Waals surface area contributed by atoms with E-state index >= 15 is 0 Å². The van der Waals surface area contributed by atoms with Crippen LogP contribution in [0.15, 0.2) is 30.5 Å². The number of nitrogens with zero attached hydrogens (tertiary/aromatic N) is 1. The number of hydrogen-bond acceptors (Lipinski definition) is 4. The first-order valence-corrected chi connectivity index (χ1v) is 8.49. The number of nitriles is 1. The van der Waals surface area contributed by atoms with Crippen molar-refractivity contribution in [3.63, 3.8) is 0 Å². The Labute approximate surface area is 142 Å². The van der Waals surface area contributed by atoms with Gasteiger partial charge in [-0.05, 0) is 24.5 Å². The molecule has 0 saturated heterocycles. The van der Waals surface area contributed by atoms with Crippen molar-refractivity contribution in [2.75, 3.05) is 7.11 Å². The molecule has 1 atom stereocenters. The molecule has 2 N–H and O–H groups in total. The second kappa shape index (κ2) is 7.06. The van der Waals surface area contributed by atoms with Crippen molar-refractivity contribution in [3.8, 4) is 6.07 Å². The standard InChI is InChI=1S/C19H23N3O2/c1-24-18(23)17(22-19(13-20)9-5-2-6-10-19)11-14-12-21-16-8-4-3-7-15(14)16/h3-4,7-8,12,17,21-22H,2,5-6,9-11H2,1H3/t17-/m0/s1. The minimum absolute atomic E-state index is 0.319. The van der Waals surface area contributed by atoms with E-state index in [0.29, 0.717) is 6.42 Å². The summed E-state index contributed by atoms with van der Waals surface area (Å²) in [6.45, 7) is 0. The van der Waals surface area contributed by atoms with Gasteiger partial charge in [0.2, 0.25) is 0 Å². The molecular formula is C19H23N3O2. The van der Waals surface area contributed by atoms with Crippen LogP contribution in [-0.4, -0.2) is 29.6 Å². The van der Waals surface area contributed by atoms with Crippen LogP contribution in [0.3, 0.4) is 0 Å². The van der Waals surface area contributed by atoms with Crippen molar-refractivity contribution in [1.29, 1.82) is 5.26 Å². The monoisotopic (exact) mass is 325 g/mol. The lowest BCUT2D eigenvalue weighted by Gasteiger charge is -2.34. The van der Waals surface area contributed by atoms with Crippen LogP contribution >= 0.6 is 0 Å². The minimum Gasteiger partial charge on any atom is -0.468 e. The number of ether oxygens (including phenoxy) is 1. The maximum Gasteiger partial charge on any atom is 0.323 e. The second-order valence-corrected chi connectivity index (χ2v) is 6.54. The number of rotatable bonds is 5. The highest BCUT2D eigenvalue weighted by atomic mass is 16.5.